The van der Waals surface area contributed by atoms with Gasteiger partial charge in [-0.05, 0) is 24.8 Å². The van der Waals surface area contributed by atoms with Gasteiger partial charge in [-0.2, -0.15) is 15.8 Å². The molecule has 22 heavy (non-hydrogen) atoms. The van der Waals surface area contributed by atoms with E-state index < -0.39 is 0 Å². The summed E-state index contributed by atoms with van der Waals surface area (Å²) in [6.07, 6.45) is 3.72. The number of nitrogens with zero attached hydrogens (tertiary/aromatic N) is 3. The van der Waals surface area contributed by atoms with Crippen LogP contribution >= 0.6 is 11.8 Å². The molecule has 0 fully saturated rings. The Labute approximate surface area is 133 Å². The first-order valence-electron chi connectivity index (χ1n) is 6.43. The van der Waals surface area contributed by atoms with E-state index in [9.17, 15) is 5.26 Å². The number of allylic oxidation sites excluding steroid dienone is 3. The minimum Gasteiger partial charge on any atom is -0.352 e. The molecular formula is C17H12N4S. The van der Waals surface area contributed by atoms with Gasteiger partial charge < -0.3 is 5.32 Å². The Morgan fingerprint density at radius 2 is 1.73 bits per heavy atom. The quantitative estimate of drug-likeness (QED) is 0.847. The molecule has 0 saturated carbocycles. The maximum Gasteiger partial charge on any atom is 0.154 e. The summed E-state index contributed by atoms with van der Waals surface area (Å²) in [6.45, 7) is 2.00. The van der Waals surface area contributed by atoms with Gasteiger partial charge >= 0.3 is 0 Å². The van der Waals surface area contributed by atoms with Gasteiger partial charge in [0.05, 0.1) is 11.3 Å². The van der Waals surface area contributed by atoms with Crippen molar-refractivity contribution >= 4 is 17.5 Å². The van der Waals surface area contributed by atoms with Gasteiger partial charge in [0.2, 0.25) is 0 Å². The third-order valence-electron chi connectivity index (χ3n) is 3.20. The molecule has 1 aliphatic heterocycles. The lowest BCUT2D eigenvalue weighted by Gasteiger charge is -2.21. The molecule has 0 spiro atoms. The Kier molecular flexibility index (Phi) is 4.69. The highest BCUT2D eigenvalue weighted by Gasteiger charge is 2.22. The lowest BCUT2D eigenvalue weighted by atomic mass is 10.0. The van der Waals surface area contributed by atoms with Crippen LogP contribution in [0, 0.1) is 40.9 Å². The highest BCUT2D eigenvalue weighted by molar-refractivity contribution is 8.02. The highest BCUT2D eigenvalue weighted by Crippen LogP contribution is 2.32. The Morgan fingerprint density at radius 1 is 1.09 bits per heavy atom. The van der Waals surface area contributed by atoms with Gasteiger partial charge in [0, 0.05) is 10.6 Å². The fourth-order valence-electron chi connectivity index (χ4n) is 2.04. The van der Waals surface area contributed by atoms with Crippen LogP contribution in [0.25, 0.3) is 5.70 Å². The van der Waals surface area contributed by atoms with Crippen molar-refractivity contribution in [2.45, 2.75) is 6.92 Å². The van der Waals surface area contributed by atoms with Crippen molar-refractivity contribution in [2.24, 2.45) is 0 Å². The number of benzene rings is 1. The van der Waals surface area contributed by atoms with Crippen LogP contribution in [0.3, 0.4) is 0 Å². The number of nitriles is 3. The molecule has 1 heterocycles. The molecule has 5 heteroatoms. The summed E-state index contributed by atoms with van der Waals surface area (Å²) in [5.74, 6) is 0. The van der Waals surface area contributed by atoms with Gasteiger partial charge in [0.15, 0.2) is 5.57 Å². The van der Waals surface area contributed by atoms with E-state index in [2.05, 4.69) is 11.4 Å². The van der Waals surface area contributed by atoms with Crippen molar-refractivity contribution in [1.82, 2.24) is 5.32 Å². The predicted molar refractivity (Wildman–Crippen MR) is 86.7 cm³/mol. The van der Waals surface area contributed by atoms with E-state index in [1.165, 1.54) is 11.8 Å². The Morgan fingerprint density at radius 3 is 2.23 bits per heavy atom. The van der Waals surface area contributed by atoms with Gasteiger partial charge in [0.1, 0.15) is 18.2 Å². The maximum absolute atomic E-state index is 9.35. The molecule has 106 valence electrons. The van der Waals surface area contributed by atoms with Crippen LogP contribution < -0.4 is 5.32 Å². The van der Waals surface area contributed by atoms with Gasteiger partial charge in [-0.1, -0.05) is 29.8 Å². The molecule has 1 aromatic rings. The topological polar surface area (TPSA) is 83.4 Å². The third kappa shape index (κ3) is 2.88. The number of thioether (sulfide) groups is 1. The molecule has 2 rings (SSSR count). The number of dihydropyridines is 1. The normalized spacial score (nSPS) is 13.4. The molecule has 0 aliphatic carbocycles. The zero-order valence-corrected chi connectivity index (χ0v) is 13.0. The lowest BCUT2D eigenvalue weighted by molar-refractivity contribution is 1.07. The zero-order chi connectivity index (χ0) is 16.1. The van der Waals surface area contributed by atoms with E-state index in [1.807, 2.05) is 55.7 Å². The molecule has 0 amide bonds. The van der Waals surface area contributed by atoms with Crippen molar-refractivity contribution in [2.75, 3.05) is 6.26 Å². The summed E-state index contributed by atoms with van der Waals surface area (Å²) in [7, 11) is 0. The molecule has 4 nitrogen and oxygen atoms in total. The monoisotopic (exact) mass is 304 g/mol. The van der Waals surface area contributed by atoms with Crippen molar-refractivity contribution in [1.29, 1.82) is 15.8 Å². The summed E-state index contributed by atoms with van der Waals surface area (Å²) in [5.41, 5.74) is 3.34. The summed E-state index contributed by atoms with van der Waals surface area (Å²) in [6, 6.07) is 13.7. The van der Waals surface area contributed by atoms with Crippen LogP contribution in [-0.2, 0) is 0 Å². The average molecular weight is 304 g/mol. The van der Waals surface area contributed by atoms with Crippen LogP contribution in [-0.4, -0.2) is 6.26 Å². The van der Waals surface area contributed by atoms with Gasteiger partial charge in [0.25, 0.3) is 0 Å². The molecule has 0 saturated heterocycles. The molecule has 0 aromatic heterocycles. The Balaban J connectivity index is 2.64. The summed E-state index contributed by atoms with van der Waals surface area (Å²) in [4.78, 5) is 0.731. The summed E-state index contributed by atoms with van der Waals surface area (Å²) < 4.78 is 0. The first kappa shape index (κ1) is 15.4. The van der Waals surface area contributed by atoms with E-state index in [4.69, 9.17) is 10.5 Å². The molecule has 1 aliphatic rings. The minimum atomic E-state index is -0.0965. The molecular weight excluding hydrogens is 292 g/mol. The molecule has 0 unspecified atom stereocenters. The number of hydrogen-bond donors (Lipinski definition) is 1. The van der Waals surface area contributed by atoms with E-state index in [-0.39, 0.29) is 11.3 Å². The SMILES string of the molecule is CSC1=C(C#N)C(=C(C#N)C#N)NC(c2ccc(C)cc2)=C1. The fourth-order valence-corrected chi connectivity index (χ4v) is 2.63. The van der Waals surface area contributed by atoms with E-state index in [0.29, 0.717) is 5.57 Å². The lowest BCUT2D eigenvalue weighted by Crippen LogP contribution is -2.19. The zero-order valence-electron chi connectivity index (χ0n) is 12.1. The van der Waals surface area contributed by atoms with Crippen molar-refractivity contribution < 1.29 is 0 Å². The first-order chi connectivity index (χ1) is 10.6. The van der Waals surface area contributed by atoms with Crippen molar-refractivity contribution in [3.05, 3.63) is 63.2 Å². The standard InChI is InChI=1S/C17H12N4S/c1-11-3-5-12(6-4-11)15-7-16(22-2)14(10-20)17(21-15)13(8-18)9-19/h3-7,21H,1-2H3. The fraction of sp³-hybridized carbons (Fsp3) is 0.118. The second kappa shape index (κ2) is 6.68. The van der Waals surface area contributed by atoms with Crippen LogP contribution in [0.4, 0.5) is 0 Å². The Bertz CT molecular complexity index is 805. The van der Waals surface area contributed by atoms with Crippen LogP contribution in [0.2, 0.25) is 0 Å². The molecule has 1 N–H and O–H groups in total. The molecule has 0 bridgehead atoms. The maximum atomic E-state index is 9.35. The summed E-state index contributed by atoms with van der Waals surface area (Å²) in [5, 5.41) is 30.6. The van der Waals surface area contributed by atoms with Crippen molar-refractivity contribution in [3.63, 3.8) is 0 Å². The van der Waals surface area contributed by atoms with Crippen LogP contribution in [0.5, 0.6) is 0 Å². The third-order valence-corrected chi connectivity index (χ3v) is 3.96. The largest absolute Gasteiger partial charge is 0.352 e. The molecule has 0 radical (unpaired) electrons. The molecule has 1 aromatic carbocycles. The number of aryl methyl sites for hydroxylation is 1. The van der Waals surface area contributed by atoms with Gasteiger partial charge in [-0.15, -0.1) is 11.8 Å². The first-order valence-corrected chi connectivity index (χ1v) is 7.66. The van der Waals surface area contributed by atoms with Gasteiger partial charge in [-0.25, -0.2) is 0 Å². The highest BCUT2D eigenvalue weighted by atomic mass is 32.2. The van der Waals surface area contributed by atoms with Gasteiger partial charge in [-0.3, -0.25) is 0 Å². The number of hydrogen-bond acceptors (Lipinski definition) is 5. The van der Waals surface area contributed by atoms with E-state index >= 15 is 0 Å². The smallest absolute Gasteiger partial charge is 0.154 e. The Hall–Kier alpha value is -2.94. The van der Waals surface area contributed by atoms with E-state index in [0.717, 1.165) is 21.7 Å². The van der Waals surface area contributed by atoms with Crippen LogP contribution in [0.1, 0.15) is 11.1 Å². The second-order valence-corrected chi connectivity index (χ2v) is 5.43. The molecule has 0 atom stereocenters. The predicted octanol–water partition coefficient (Wildman–Crippen LogP) is 3.38. The second-order valence-electron chi connectivity index (χ2n) is 4.58. The van der Waals surface area contributed by atoms with E-state index in [1.54, 1.807) is 0 Å². The average Bonchev–Trinajstić information content (AvgIpc) is 2.55. The number of nitrogens with one attached hydrogen (secondary N) is 1. The van der Waals surface area contributed by atoms with Crippen LogP contribution in [0.15, 0.2) is 52.1 Å². The summed E-state index contributed by atoms with van der Waals surface area (Å²) >= 11 is 1.41. The van der Waals surface area contributed by atoms with Crippen molar-refractivity contribution in [3.8, 4) is 18.2 Å². The number of rotatable bonds is 2. The minimum absolute atomic E-state index is 0.0965.